The van der Waals surface area contributed by atoms with Crippen LogP contribution in [0, 0.1) is 13.8 Å². The zero-order chi connectivity index (χ0) is 23.0. The Morgan fingerprint density at radius 2 is 0.742 bits per heavy atom. The molecule has 0 amide bonds. The van der Waals surface area contributed by atoms with Crippen molar-refractivity contribution in [2.24, 2.45) is 0 Å². The van der Waals surface area contributed by atoms with E-state index in [1.165, 1.54) is 70.4 Å². The molecule has 168 valence electrons. The van der Waals surface area contributed by atoms with Crippen LogP contribution in [0.3, 0.4) is 0 Å². The third-order valence-corrected chi connectivity index (χ3v) is 8.66. The van der Waals surface area contributed by atoms with E-state index in [2.05, 4.69) is 98.8 Å². The summed E-state index contributed by atoms with van der Waals surface area (Å²) in [4.78, 5) is 0. The molecule has 0 unspecified atom stereocenters. The van der Waals surface area contributed by atoms with Gasteiger partial charge in [-0.15, -0.1) is 0 Å². The summed E-state index contributed by atoms with van der Waals surface area (Å²) in [6.45, 7) is 23.8. The van der Waals surface area contributed by atoms with Crippen molar-refractivity contribution in [2.75, 3.05) is 5.32 Å². The lowest BCUT2D eigenvalue weighted by atomic mass is 9.62. The normalized spacial score (nSPS) is 22.4. The molecule has 0 fully saturated rings. The van der Waals surface area contributed by atoms with Crippen LogP contribution in [-0.2, 0) is 21.7 Å². The Morgan fingerprint density at radius 1 is 0.484 bits per heavy atom. The Labute approximate surface area is 191 Å². The van der Waals surface area contributed by atoms with E-state index >= 15 is 0 Å². The van der Waals surface area contributed by atoms with Crippen molar-refractivity contribution in [1.29, 1.82) is 0 Å². The van der Waals surface area contributed by atoms with E-state index < -0.39 is 0 Å². The lowest BCUT2D eigenvalue weighted by molar-refractivity contribution is 0.331. The molecule has 31 heavy (non-hydrogen) atoms. The van der Waals surface area contributed by atoms with Gasteiger partial charge in [-0.05, 0) is 107 Å². The van der Waals surface area contributed by atoms with Gasteiger partial charge in [-0.2, -0.15) is 0 Å². The number of anilines is 2. The van der Waals surface area contributed by atoms with E-state index in [4.69, 9.17) is 0 Å². The highest BCUT2D eigenvalue weighted by atomic mass is 14.9. The molecule has 2 aromatic carbocycles. The monoisotopic (exact) mass is 417 g/mol. The fourth-order valence-corrected chi connectivity index (χ4v) is 5.86. The van der Waals surface area contributed by atoms with Crippen LogP contribution >= 0.6 is 0 Å². The van der Waals surface area contributed by atoms with Gasteiger partial charge in [0.05, 0.1) is 0 Å². The van der Waals surface area contributed by atoms with Gasteiger partial charge in [0.25, 0.3) is 0 Å². The van der Waals surface area contributed by atoms with Gasteiger partial charge in [-0.3, -0.25) is 0 Å². The second kappa shape index (κ2) is 6.87. The first-order valence-electron chi connectivity index (χ1n) is 12.2. The number of nitrogens with one attached hydrogen (secondary N) is 1. The molecule has 2 aromatic rings. The van der Waals surface area contributed by atoms with Crippen LogP contribution in [0.1, 0.15) is 114 Å². The van der Waals surface area contributed by atoms with Crippen LogP contribution in [0.2, 0.25) is 0 Å². The van der Waals surface area contributed by atoms with Gasteiger partial charge < -0.3 is 5.32 Å². The number of benzene rings is 2. The summed E-state index contributed by atoms with van der Waals surface area (Å²) in [6.07, 6.45) is 5.01. The predicted octanol–water partition coefficient (Wildman–Crippen LogP) is 8.75. The number of aryl methyl sites for hydroxylation is 2. The van der Waals surface area contributed by atoms with Gasteiger partial charge in [0.1, 0.15) is 0 Å². The summed E-state index contributed by atoms with van der Waals surface area (Å²) in [5.74, 6) is 0. The molecule has 2 aliphatic carbocycles. The maximum atomic E-state index is 3.87. The Bertz CT molecular complexity index is 949. The number of rotatable bonds is 2. The molecule has 0 heterocycles. The van der Waals surface area contributed by atoms with E-state index in [1.807, 2.05) is 0 Å². The van der Waals surface area contributed by atoms with Crippen LogP contribution in [0.4, 0.5) is 11.4 Å². The standard InChI is InChI=1S/C30H43N/c1-19-15-21-23(29(7,8)13-11-27(21,3)4)17-25(19)31-26-18-24-22(16-20(26)2)28(5,6)12-14-30(24,9)10/h15-18,31H,11-14H2,1-10H3. The van der Waals surface area contributed by atoms with Crippen LogP contribution in [0.15, 0.2) is 24.3 Å². The predicted molar refractivity (Wildman–Crippen MR) is 136 cm³/mol. The SMILES string of the molecule is Cc1cc2c(cc1Nc1cc3c(cc1C)C(C)(C)CCC3(C)C)C(C)(C)CCC2(C)C. The second-order valence-electron chi connectivity index (χ2n) is 13.1. The molecule has 0 aromatic heterocycles. The zero-order valence-electron chi connectivity index (χ0n) is 21.6. The fourth-order valence-electron chi connectivity index (χ4n) is 5.86. The Morgan fingerprint density at radius 3 is 1.03 bits per heavy atom. The molecule has 0 saturated heterocycles. The van der Waals surface area contributed by atoms with Gasteiger partial charge in [0.15, 0.2) is 0 Å². The molecular weight excluding hydrogens is 374 g/mol. The highest BCUT2D eigenvalue weighted by Gasteiger charge is 2.39. The molecule has 0 spiro atoms. The fraction of sp³-hybridized carbons (Fsp3) is 0.600. The van der Waals surface area contributed by atoms with Crippen molar-refractivity contribution in [3.8, 4) is 0 Å². The van der Waals surface area contributed by atoms with Crippen LogP contribution < -0.4 is 5.32 Å². The second-order valence-corrected chi connectivity index (χ2v) is 13.1. The smallest absolute Gasteiger partial charge is 0.0417 e. The minimum Gasteiger partial charge on any atom is -0.355 e. The Kier molecular flexibility index (Phi) is 4.97. The van der Waals surface area contributed by atoms with Gasteiger partial charge >= 0.3 is 0 Å². The third-order valence-electron chi connectivity index (χ3n) is 8.66. The van der Waals surface area contributed by atoms with Gasteiger partial charge in [0.2, 0.25) is 0 Å². The molecule has 0 radical (unpaired) electrons. The molecule has 0 aliphatic heterocycles. The maximum Gasteiger partial charge on any atom is 0.0417 e. The van der Waals surface area contributed by atoms with Crippen molar-refractivity contribution in [2.45, 2.75) is 117 Å². The molecule has 0 bridgehead atoms. The first-order valence-corrected chi connectivity index (χ1v) is 12.2. The van der Waals surface area contributed by atoms with Crippen molar-refractivity contribution in [3.05, 3.63) is 57.6 Å². The summed E-state index contributed by atoms with van der Waals surface area (Å²) < 4.78 is 0. The molecular formula is C30H43N. The molecule has 2 aliphatic rings. The lowest BCUT2D eigenvalue weighted by Gasteiger charge is -2.43. The van der Waals surface area contributed by atoms with E-state index in [0.717, 1.165) is 0 Å². The quantitative estimate of drug-likeness (QED) is 0.515. The summed E-state index contributed by atoms with van der Waals surface area (Å²) in [5, 5.41) is 3.87. The van der Waals surface area contributed by atoms with E-state index in [-0.39, 0.29) is 21.7 Å². The van der Waals surface area contributed by atoms with Gasteiger partial charge in [-0.25, -0.2) is 0 Å². The van der Waals surface area contributed by atoms with Crippen molar-refractivity contribution in [1.82, 2.24) is 0 Å². The maximum absolute atomic E-state index is 3.87. The highest BCUT2D eigenvalue weighted by Crippen LogP contribution is 2.49. The van der Waals surface area contributed by atoms with Crippen molar-refractivity contribution in [3.63, 3.8) is 0 Å². The molecule has 0 saturated carbocycles. The number of hydrogen-bond donors (Lipinski definition) is 1. The number of hydrogen-bond acceptors (Lipinski definition) is 1. The van der Waals surface area contributed by atoms with E-state index in [1.54, 1.807) is 0 Å². The topological polar surface area (TPSA) is 12.0 Å². The largest absolute Gasteiger partial charge is 0.355 e. The molecule has 1 N–H and O–H groups in total. The number of fused-ring (bicyclic) bond motifs is 2. The van der Waals surface area contributed by atoms with Crippen molar-refractivity contribution >= 4 is 11.4 Å². The Hall–Kier alpha value is -1.76. The first-order chi connectivity index (χ1) is 14.1. The molecule has 1 heteroatoms. The minimum atomic E-state index is 0.228. The van der Waals surface area contributed by atoms with Crippen molar-refractivity contribution < 1.29 is 0 Å². The van der Waals surface area contributed by atoms with Gasteiger partial charge in [0, 0.05) is 11.4 Å². The summed E-state index contributed by atoms with van der Waals surface area (Å²) >= 11 is 0. The minimum absolute atomic E-state index is 0.228. The zero-order valence-corrected chi connectivity index (χ0v) is 21.6. The Balaban J connectivity index is 1.81. The first kappa shape index (κ1) is 22.4. The lowest BCUT2D eigenvalue weighted by Crippen LogP contribution is -2.34. The summed E-state index contributed by atoms with van der Waals surface area (Å²) in [5.41, 5.74) is 12.3. The van der Waals surface area contributed by atoms with E-state index in [0.29, 0.717) is 0 Å². The van der Waals surface area contributed by atoms with E-state index in [9.17, 15) is 0 Å². The molecule has 4 rings (SSSR count). The van der Waals surface area contributed by atoms with Gasteiger partial charge in [-0.1, -0.05) is 67.5 Å². The highest BCUT2D eigenvalue weighted by molar-refractivity contribution is 5.70. The summed E-state index contributed by atoms with van der Waals surface area (Å²) in [7, 11) is 0. The van der Waals surface area contributed by atoms with Crippen LogP contribution in [-0.4, -0.2) is 0 Å². The molecule has 0 atom stereocenters. The third kappa shape index (κ3) is 3.73. The van der Waals surface area contributed by atoms with Crippen LogP contribution in [0.25, 0.3) is 0 Å². The average Bonchev–Trinajstić information content (AvgIpc) is 2.65. The average molecular weight is 418 g/mol. The van der Waals surface area contributed by atoms with Crippen LogP contribution in [0.5, 0.6) is 0 Å². The summed E-state index contributed by atoms with van der Waals surface area (Å²) in [6, 6.07) is 9.83. The molecule has 1 nitrogen and oxygen atoms in total.